The third kappa shape index (κ3) is 4.52. The first-order valence-electron chi connectivity index (χ1n) is 6.52. The Hall–Kier alpha value is -1.56. The zero-order valence-corrected chi connectivity index (χ0v) is 12.9. The van der Waals surface area contributed by atoms with Crippen molar-refractivity contribution >= 4 is 21.7 Å². The van der Waals surface area contributed by atoms with E-state index in [9.17, 15) is 13.2 Å². The minimum Gasteiger partial charge on any atom is -0.481 e. The van der Waals surface area contributed by atoms with Crippen molar-refractivity contribution in [1.82, 2.24) is 0 Å². The minimum absolute atomic E-state index is 0.0458. The van der Waals surface area contributed by atoms with Crippen molar-refractivity contribution in [2.24, 2.45) is 0 Å². The maximum atomic E-state index is 12.0. The van der Waals surface area contributed by atoms with E-state index in [0.29, 0.717) is 5.69 Å². The highest BCUT2D eigenvalue weighted by molar-refractivity contribution is 7.92. The molecule has 0 aromatic heterocycles. The fourth-order valence-corrected chi connectivity index (χ4v) is 3.03. The van der Waals surface area contributed by atoms with Gasteiger partial charge in [0.05, 0.1) is 11.9 Å². The van der Waals surface area contributed by atoms with Crippen molar-refractivity contribution in [3.05, 3.63) is 29.8 Å². The number of benzene rings is 1. The van der Waals surface area contributed by atoms with E-state index in [-0.39, 0.29) is 25.3 Å². The number of hydrogen-bond acceptors (Lipinski definition) is 3. The average molecular weight is 299 g/mol. The number of carboxylic acids is 1. The molecule has 0 aliphatic heterocycles. The van der Waals surface area contributed by atoms with E-state index < -0.39 is 16.0 Å². The molecule has 6 heteroatoms. The van der Waals surface area contributed by atoms with Crippen molar-refractivity contribution in [3.63, 3.8) is 0 Å². The Labute approximate surface area is 120 Å². The van der Waals surface area contributed by atoms with Crippen LogP contribution in [0.5, 0.6) is 0 Å². The Morgan fingerprint density at radius 2 is 1.90 bits per heavy atom. The second-order valence-corrected chi connectivity index (χ2v) is 6.95. The quantitative estimate of drug-likeness (QED) is 0.839. The van der Waals surface area contributed by atoms with E-state index in [1.54, 1.807) is 12.1 Å². The number of carbonyl (C=O) groups is 1. The summed E-state index contributed by atoms with van der Waals surface area (Å²) in [4.78, 5) is 10.6. The van der Waals surface area contributed by atoms with Crippen molar-refractivity contribution < 1.29 is 18.3 Å². The lowest BCUT2D eigenvalue weighted by Gasteiger charge is -2.26. The molecule has 0 bridgehead atoms. The molecule has 5 nitrogen and oxygen atoms in total. The number of hydrogen-bond donors (Lipinski definition) is 1. The molecule has 20 heavy (non-hydrogen) atoms. The number of nitrogens with zero attached hydrogens (tertiary/aromatic N) is 1. The Morgan fingerprint density at radius 1 is 1.30 bits per heavy atom. The van der Waals surface area contributed by atoms with Gasteiger partial charge in [-0.1, -0.05) is 32.0 Å². The van der Waals surface area contributed by atoms with Gasteiger partial charge in [0.25, 0.3) is 0 Å². The summed E-state index contributed by atoms with van der Waals surface area (Å²) in [7, 11) is -3.43. The molecule has 0 atom stereocenters. The number of sulfonamides is 1. The minimum atomic E-state index is -3.43. The molecule has 0 heterocycles. The summed E-state index contributed by atoms with van der Waals surface area (Å²) in [6.07, 6.45) is 1.38. The van der Waals surface area contributed by atoms with Gasteiger partial charge in [0.1, 0.15) is 0 Å². The van der Waals surface area contributed by atoms with Crippen LogP contribution in [0.15, 0.2) is 24.3 Å². The fraction of sp³-hybridized carbons (Fsp3) is 0.500. The third-order valence-electron chi connectivity index (χ3n) is 2.98. The topological polar surface area (TPSA) is 74.7 Å². The standard InChI is InChI=1S/C14H21NO4S/c1-11(2)12-7-4-5-8-13(12)15(20(3,18)19)10-6-9-14(16)17/h4-5,7-8,11H,6,9-10H2,1-3H3,(H,16,17). The molecule has 1 N–H and O–H groups in total. The second-order valence-electron chi connectivity index (χ2n) is 5.05. The number of para-hydroxylation sites is 1. The predicted molar refractivity (Wildman–Crippen MR) is 79.6 cm³/mol. The second kappa shape index (κ2) is 6.74. The highest BCUT2D eigenvalue weighted by atomic mass is 32.2. The normalized spacial score (nSPS) is 11.6. The van der Waals surface area contributed by atoms with Crippen molar-refractivity contribution in [2.75, 3.05) is 17.1 Å². The first kappa shape index (κ1) is 16.5. The number of rotatable bonds is 7. The first-order chi connectivity index (χ1) is 9.23. The van der Waals surface area contributed by atoms with Crippen molar-refractivity contribution in [3.8, 4) is 0 Å². The summed E-state index contributed by atoms with van der Waals surface area (Å²) in [5.74, 6) is -0.731. The molecule has 0 radical (unpaired) electrons. The van der Waals surface area contributed by atoms with E-state index in [4.69, 9.17) is 5.11 Å². The maximum absolute atomic E-state index is 12.0. The summed E-state index contributed by atoms with van der Waals surface area (Å²) in [5.41, 5.74) is 1.57. The first-order valence-corrected chi connectivity index (χ1v) is 8.36. The average Bonchev–Trinajstić information content (AvgIpc) is 2.32. The summed E-state index contributed by atoms with van der Waals surface area (Å²) in [6, 6.07) is 7.32. The monoisotopic (exact) mass is 299 g/mol. The van der Waals surface area contributed by atoms with Gasteiger partial charge in [-0.15, -0.1) is 0 Å². The van der Waals surface area contributed by atoms with Gasteiger partial charge in [0.2, 0.25) is 10.0 Å². The van der Waals surface area contributed by atoms with E-state index in [0.717, 1.165) is 11.8 Å². The lowest BCUT2D eigenvalue weighted by molar-refractivity contribution is -0.137. The van der Waals surface area contributed by atoms with Gasteiger partial charge in [-0.3, -0.25) is 9.10 Å². The third-order valence-corrected chi connectivity index (χ3v) is 4.16. The van der Waals surface area contributed by atoms with Crippen LogP contribution in [0.4, 0.5) is 5.69 Å². The Balaban J connectivity index is 3.09. The van der Waals surface area contributed by atoms with Crippen molar-refractivity contribution in [2.45, 2.75) is 32.6 Å². The van der Waals surface area contributed by atoms with Crippen LogP contribution in [0.3, 0.4) is 0 Å². The van der Waals surface area contributed by atoms with Crippen LogP contribution >= 0.6 is 0 Å². The SMILES string of the molecule is CC(C)c1ccccc1N(CCCC(=O)O)S(C)(=O)=O. The zero-order valence-electron chi connectivity index (χ0n) is 12.0. The molecule has 0 saturated carbocycles. The van der Waals surface area contributed by atoms with Gasteiger partial charge in [-0.25, -0.2) is 8.42 Å². The van der Waals surface area contributed by atoms with Gasteiger partial charge in [-0.05, 0) is 24.0 Å². The molecule has 0 saturated heterocycles. The van der Waals surface area contributed by atoms with Crippen LogP contribution in [0.2, 0.25) is 0 Å². The lowest BCUT2D eigenvalue weighted by Crippen LogP contribution is -2.32. The lowest BCUT2D eigenvalue weighted by atomic mass is 10.0. The van der Waals surface area contributed by atoms with Crippen molar-refractivity contribution in [1.29, 1.82) is 0 Å². The van der Waals surface area contributed by atoms with Crippen LogP contribution in [-0.2, 0) is 14.8 Å². The van der Waals surface area contributed by atoms with Gasteiger partial charge in [0, 0.05) is 13.0 Å². The summed E-state index contributed by atoms with van der Waals surface area (Å²) >= 11 is 0. The maximum Gasteiger partial charge on any atom is 0.303 e. The zero-order chi connectivity index (χ0) is 15.3. The largest absolute Gasteiger partial charge is 0.481 e. The molecule has 112 valence electrons. The molecule has 0 aliphatic rings. The van der Waals surface area contributed by atoms with Crippen LogP contribution in [-0.4, -0.2) is 32.3 Å². The van der Waals surface area contributed by atoms with E-state index >= 15 is 0 Å². The molecule has 0 spiro atoms. The molecule has 0 fully saturated rings. The Bertz CT molecular complexity index is 566. The summed E-state index contributed by atoms with van der Waals surface area (Å²) in [5, 5.41) is 8.67. The van der Waals surface area contributed by atoms with Gasteiger partial charge < -0.3 is 5.11 Å². The van der Waals surface area contributed by atoms with Crippen LogP contribution < -0.4 is 4.31 Å². The number of aliphatic carboxylic acids is 1. The fourth-order valence-electron chi connectivity index (χ4n) is 2.04. The molecule has 0 unspecified atom stereocenters. The molecule has 0 amide bonds. The molecular weight excluding hydrogens is 278 g/mol. The van der Waals surface area contributed by atoms with E-state index in [1.165, 1.54) is 4.31 Å². The molecular formula is C14H21NO4S. The van der Waals surface area contributed by atoms with Crippen LogP contribution in [0.1, 0.15) is 38.2 Å². The number of anilines is 1. The number of carboxylic acid groups (broad SMARTS) is 1. The van der Waals surface area contributed by atoms with Gasteiger partial charge in [-0.2, -0.15) is 0 Å². The molecule has 1 aromatic rings. The van der Waals surface area contributed by atoms with Gasteiger partial charge >= 0.3 is 5.97 Å². The van der Waals surface area contributed by atoms with Crippen LogP contribution in [0, 0.1) is 0 Å². The van der Waals surface area contributed by atoms with Gasteiger partial charge in [0.15, 0.2) is 0 Å². The van der Waals surface area contributed by atoms with Crippen LogP contribution in [0.25, 0.3) is 0 Å². The smallest absolute Gasteiger partial charge is 0.303 e. The predicted octanol–water partition coefficient (Wildman–Crippen LogP) is 2.44. The highest BCUT2D eigenvalue weighted by Crippen LogP contribution is 2.29. The Morgan fingerprint density at radius 3 is 2.40 bits per heavy atom. The summed E-state index contributed by atoms with van der Waals surface area (Å²) in [6.45, 7) is 4.17. The Kier molecular flexibility index (Phi) is 5.56. The molecule has 0 aliphatic carbocycles. The van der Waals surface area contributed by atoms with E-state index in [2.05, 4.69) is 0 Å². The van der Waals surface area contributed by atoms with E-state index in [1.807, 2.05) is 26.0 Å². The molecule has 1 rings (SSSR count). The molecule has 1 aromatic carbocycles. The highest BCUT2D eigenvalue weighted by Gasteiger charge is 2.21. The summed E-state index contributed by atoms with van der Waals surface area (Å²) < 4.78 is 25.2.